The first-order valence-electron chi connectivity index (χ1n) is 2.68. The summed E-state index contributed by atoms with van der Waals surface area (Å²) in [4.78, 5) is 9.51. The van der Waals surface area contributed by atoms with Crippen molar-refractivity contribution in [1.29, 1.82) is 0 Å². The number of hydrogen-bond donors (Lipinski definition) is 0. The monoisotopic (exact) mass is 158 g/mol. The van der Waals surface area contributed by atoms with E-state index in [-0.39, 0.29) is 36.0 Å². The molecule has 0 rings (SSSR count). The molecule has 0 aliphatic carbocycles. The van der Waals surface area contributed by atoms with Gasteiger partial charge in [0, 0.05) is 0 Å². The minimum Gasteiger partial charge on any atom is -0.516 e. The van der Waals surface area contributed by atoms with Crippen LogP contribution in [0.25, 0.3) is 0 Å². The number of carbonyl (C=O) groups excluding carboxylic acids is 1. The third-order valence-electron chi connectivity index (χ3n) is 0.740. The molecule has 0 saturated heterocycles. The van der Waals surface area contributed by atoms with Crippen molar-refractivity contribution in [3.8, 4) is 0 Å². The first kappa shape index (κ1) is 12.8. The zero-order chi connectivity index (χ0) is 7.28. The minimum absolute atomic E-state index is 0. The maximum Gasteiger partial charge on any atom is 1.00 e. The van der Waals surface area contributed by atoms with E-state index in [0.717, 1.165) is 0 Å². The first-order valence-corrected chi connectivity index (χ1v) is 2.68. The van der Waals surface area contributed by atoms with Crippen LogP contribution in [0, 0.1) is 0 Å². The van der Waals surface area contributed by atoms with E-state index >= 15 is 0 Å². The fraction of sp³-hybridized carbons (Fsp3) is 0.800. The molecule has 1 atom stereocenters. The molecule has 1 unspecified atom stereocenters. The Kier molecular flexibility index (Phi) is 9.38. The van der Waals surface area contributed by atoms with Crippen LogP contribution in [0.5, 0.6) is 0 Å². The van der Waals surface area contributed by atoms with Crippen molar-refractivity contribution in [3.63, 3.8) is 0 Å². The largest absolute Gasteiger partial charge is 1.00 e. The maximum absolute atomic E-state index is 12.0. The van der Waals surface area contributed by atoms with Crippen LogP contribution in [0.3, 0.4) is 0 Å². The van der Waals surface area contributed by atoms with Gasteiger partial charge in [-0.05, 0) is 6.42 Å². The Morgan fingerprint density at radius 1 is 1.80 bits per heavy atom. The molecule has 0 bridgehead atoms. The molecule has 0 aromatic rings. The minimum atomic E-state index is -1.81. The van der Waals surface area contributed by atoms with Crippen molar-refractivity contribution in [1.82, 2.24) is 0 Å². The number of rotatable bonds is 3. The molecule has 10 heavy (non-hydrogen) atoms. The summed E-state index contributed by atoms with van der Waals surface area (Å²) in [5.41, 5.74) is 0. The summed E-state index contributed by atoms with van der Waals surface area (Å²) in [6.07, 6.45) is -2.89. The van der Waals surface area contributed by atoms with Gasteiger partial charge in [-0.25, -0.2) is 4.39 Å². The summed E-state index contributed by atoms with van der Waals surface area (Å²) in [7, 11) is 0. The van der Waals surface area contributed by atoms with Crippen LogP contribution in [0.15, 0.2) is 0 Å². The van der Waals surface area contributed by atoms with Crippen molar-refractivity contribution in [2.75, 3.05) is 0 Å². The zero-order valence-corrected chi connectivity index (χ0v) is 8.09. The average molecular weight is 158 g/mol. The van der Waals surface area contributed by atoms with E-state index in [1.807, 2.05) is 0 Å². The number of halogens is 1. The molecule has 0 aliphatic rings. The molecule has 0 N–H and O–H groups in total. The van der Waals surface area contributed by atoms with Crippen LogP contribution in [0.1, 0.15) is 19.8 Å². The summed E-state index contributed by atoms with van der Waals surface area (Å²) < 4.78 is 15.6. The zero-order valence-electron chi connectivity index (χ0n) is 6.09. The van der Waals surface area contributed by atoms with Gasteiger partial charge in [-0.3, -0.25) is 0 Å². The number of alkyl halides is 1. The summed E-state index contributed by atoms with van der Waals surface area (Å²) in [5.74, 6) is 0. The molecule has 0 aromatic carbocycles. The molecule has 0 aliphatic heterocycles. The number of hydrogen-bond acceptors (Lipinski definition) is 3. The third-order valence-corrected chi connectivity index (χ3v) is 0.740. The van der Waals surface area contributed by atoms with Gasteiger partial charge in [0.25, 0.3) is 6.16 Å². The summed E-state index contributed by atoms with van der Waals surface area (Å²) in [6, 6.07) is 0. The number of carboxylic acid groups (broad SMARTS) is 1. The quantitative estimate of drug-likeness (QED) is 0.335. The Balaban J connectivity index is 0. The molecule has 3 nitrogen and oxygen atoms in total. The first-order chi connectivity index (χ1) is 4.16. The predicted octanol–water partition coefficient (Wildman–Crippen LogP) is -2.55. The summed E-state index contributed by atoms with van der Waals surface area (Å²) in [6.45, 7) is 1.73. The number of ether oxygens (including phenoxy) is 1. The van der Waals surface area contributed by atoms with E-state index in [1.165, 1.54) is 0 Å². The van der Waals surface area contributed by atoms with Gasteiger partial charge in [-0.2, -0.15) is 0 Å². The Hall–Kier alpha value is 0.200. The van der Waals surface area contributed by atoms with Gasteiger partial charge in [-0.1, -0.05) is 13.3 Å². The molecular weight excluding hydrogens is 150 g/mol. The Bertz CT molecular complexity index is 98.9. The van der Waals surface area contributed by atoms with Crippen molar-refractivity contribution in [3.05, 3.63) is 0 Å². The molecule has 0 aromatic heterocycles. The maximum atomic E-state index is 12.0. The molecule has 5 heteroatoms. The molecule has 0 spiro atoms. The fourth-order valence-electron chi connectivity index (χ4n) is 0.390. The van der Waals surface area contributed by atoms with E-state index < -0.39 is 12.5 Å². The van der Waals surface area contributed by atoms with Crippen LogP contribution < -0.4 is 34.7 Å². The van der Waals surface area contributed by atoms with Gasteiger partial charge >= 0.3 is 29.6 Å². The smallest absolute Gasteiger partial charge is 0.516 e. The van der Waals surface area contributed by atoms with Crippen LogP contribution in [0.2, 0.25) is 0 Å². The van der Waals surface area contributed by atoms with E-state index in [0.29, 0.717) is 6.42 Å². The van der Waals surface area contributed by atoms with Gasteiger partial charge in [0.1, 0.15) is 0 Å². The molecule has 0 fully saturated rings. The van der Waals surface area contributed by atoms with Crippen LogP contribution in [-0.4, -0.2) is 12.5 Å². The Morgan fingerprint density at radius 2 is 2.30 bits per heavy atom. The van der Waals surface area contributed by atoms with Gasteiger partial charge in [0.15, 0.2) is 6.36 Å². The van der Waals surface area contributed by atoms with Crippen molar-refractivity contribution in [2.24, 2.45) is 0 Å². The van der Waals surface area contributed by atoms with E-state index in [9.17, 15) is 14.3 Å². The van der Waals surface area contributed by atoms with Crippen molar-refractivity contribution < 1.29 is 48.6 Å². The van der Waals surface area contributed by atoms with Gasteiger partial charge in [0.2, 0.25) is 0 Å². The van der Waals surface area contributed by atoms with Crippen LogP contribution in [0.4, 0.5) is 9.18 Å². The third kappa shape index (κ3) is 8.20. The van der Waals surface area contributed by atoms with Gasteiger partial charge in [0.05, 0.1) is 0 Å². The van der Waals surface area contributed by atoms with Gasteiger partial charge in [-0.15, -0.1) is 0 Å². The summed E-state index contributed by atoms with van der Waals surface area (Å²) >= 11 is 0. The topological polar surface area (TPSA) is 49.4 Å². The van der Waals surface area contributed by atoms with Crippen molar-refractivity contribution >= 4 is 6.16 Å². The predicted molar refractivity (Wildman–Crippen MR) is 26.3 cm³/mol. The number of carbonyl (C=O) groups is 1. The second kappa shape index (κ2) is 7.31. The molecule has 0 amide bonds. The van der Waals surface area contributed by atoms with E-state index in [2.05, 4.69) is 4.74 Å². The second-order valence-electron chi connectivity index (χ2n) is 1.57. The van der Waals surface area contributed by atoms with E-state index in [1.54, 1.807) is 6.92 Å². The van der Waals surface area contributed by atoms with Crippen LogP contribution in [-0.2, 0) is 4.74 Å². The summed E-state index contributed by atoms with van der Waals surface area (Å²) in [5, 5.41) is 9.51. The Labute approximate surface area is 80.8 Å². The molecule has 0 radical (unpaired) electrons. The molecule has 54 valence electrons. The Morgan fingerprint density at radius 3 is 2.60 bits per heavy atom. The molecule has 0 saturated carbocycles. The molecular formula is C5H8FNaO3. The van der Waals surface area contributed by atoms with Crippen LogP contribution >= 0.6 is 0 Å². The van der Waals surface area contributed by atoms with Gasteiger partial charge < -0.3 is 14.6 Å². The standard InChI is InChI=1S/C5H9FO3.Na/c1-2-3-4(6)9-5(7)8;/h4H,2-3H2,1H3,(H,7,8);/q;+1/p-1. The molecule has 0 heterocycles. The van der Waals surface area contributed by atoms with E-state index in [4.69, 9.17) is 0 Å². The normalized spacial score (nSPS) is 11.4. The fourth-order valence-corrected chi connectivity index (χ4v) is 0.390. The average Bonchev–Trinajstić information content (AvgIpc) is 1.63. The van der Waals surface area contributed by atoms with Crippen molar-refractivity contribution in [2.45, 2.75) is 26.1 Å². The SMILES string of the molecule is CCCC(F)OC(=O)[O-].[Na+]. The second-order valence-corrected chi connectivity index (χ2v) is 1.57.